The number of carboxylic acid groups (broad SMARTS) is 1. The topological polar surface area (TPSA) is 336 Å². The third-order valence-corrected chi connectivity index (χ3v) is 18.7. The first-order valence-corrected chi connectivity index (χ1v) is 37.7. The summed E-state index contributed by atoms with van der Waals surface area (Å²) in [6.45, 7) is 5.48. The molecule has 0 radical (unpaired) electrons. The molecule has 8 N–H and O–H groups in total. The van der Waals surface area contributed by atoms with Gasteiger partial charge < -0.3 is 74.9 Å². The highest BCUT2D eigenvalue weighted by atomic mass is 16.7. The average molecular weight is 1500 g/mol. The first kappa shape index (κ1) is 86.1. The lowest BCUT2D eigenvalue weighted by Gasteiger charge is -2.44. The summed E-state index contributed by atoms with van der Waals surface area (Å²) in [5.74, 6) is -3.06. The Morgan fingerprint density at radius 2 is 0.963 bits per heavy atom. The highest BCUT2D eigenvalue weighted by molar-refractivity contribution is 5.92. The maximum Gasteiger partial charge on any atom is 0.338 e. The molecule has 6 unspecified atom stereocenters. The molecule has 109 heavy (non-hydrogen) atoms. The number of benzene rings is 7. The summed E-state index contributed by atoms with van der Waals surface area (Å²) >= 11 is 0. The Kier molecular flexibility index (Phi) is 37.1. The quantitative estimate of drug-likeness (QED) is 0.00897. The summed E-state index contributed by atoms with van der Waals surface area (Å²) < 4.78 is 53.8. The Labute approximate surface area is 639 Å². The molecular formula is C86H106N4O19. The van der Waals surface area contributed by atoms with E-state index in [0.29, 0.717) is 58.2 Å². The second kappa shape index (κ2) is 46.9. The smallest absolute Gasteiger partial charge is 0.338 e. The Hall–Kier alpha value is -10.1. The van der Waals surface area contributed by atoms with E-state index < -0.39 is 84.9 Å². The molecule has 9 atom stereocenters. The minimum atomic E-state index is -1.55. The Morgan fingerprint density at radius 1 is 0.505 bits per heavy atom. The van der Waals surface area contributed by atoms with Gasteiger partial charge in [0.2, 0.25) is 11.8 Å². The molecule has 1 saturated carbocycles. The van der Waals surface area contributed by atoms with Crippen molar-refractivity contribution in [2.24, 2.45) is 23.3 Å². The van der Waals surface area contributed by atoms with Gasteiger partial charge in [-0.2, -0.15) is 0 Å². The Balaban J connectivity index is 0.000000298. The summed E-state index contributed by atoms with van der Waals surface area (Å²) in [6.07, 6.45) is 1.50. The van der Waals surface area contributed by atoms with Gasteiger partial charge in [-0.1, -0.05) is 161 Å². The number of ketones is 1. The number of aliphatic hydroxyl groups is 1. The number of carbonyl (C=O) groups is 8. The van der Waals surface area contributed by atoms with E-state index in [4.69, 9.17) is 59.2 Å². The van der Waals surface area contributed by atoms with Crippen LogP contribution in [-0.2, 0) is 57.9 Å². The fraction of sp³-hybridized carbons (Fsp3) is 0.419. The summed E-state index contributed by atoms with van der Waals surface area (Å²) in [6, 6.07) is 57.6. The van der Waals surface area contributed by atoms with E-state index in [1.165, 1.54) is 36.4 Å². The zero-order valence-corrected chi connectivity index (χ0v) is 62.8. The van der Waals surface area contributed by atoms with Crippen molar-refractivity contribution in [3.63, 3.8) is 0 Å². The molecule has 1 aliphatic carbocycles. The lowest BCUT2D eigenvalue weighted by atomic mass is 9.79. The fourth-order valence-corrected chi connectivity index (χ4v) is 12.9. The van der Waals surface area contributed by atoms with E-state index in [9.17, 15) is 43.5 Å². The van der Waals surface area contributed by atoms with Gasteiger partial charge in [-0.05, 0) is 166 Å². The van der Waals surface area contributed by atoms with E-state index in [2.05, 4.69) is 22.8 Å². The van der Waals surface area contributed by atoms with Crippen molar-refractivity contribution in [2.45, 2.75) is 165 Å². The number of Topliss-reactive ketones (excluding diaryl/α,β-unsaturated/α-hetero) is 1. The molecule has 584 valence electrons. The van der Waals surface area contributed by atoms with Crippen LogP contribution in [0.15, 0.2) is 200 Å². The molecule has 23 nitrogen and oxygen atoms in total. The molecule has 0 spiro atoms. The summed E-state index contributed by atoms with van der Waals surface area (Å²) in [5.41, 5.74) is 13.9. The number of esters is 4. The first-order chi connectivity index (χ1) is 53.0. The van der Waals surface area contributed by atoms with E-state index in [0.717, 1.165) is 79.6 Å². The molecule has 9 rings (SSSR count). The molecule has 7 aromatic carbocycles. The van der Waals surface area contributed by atoms with E-state index in [1.54, 1.807) is 99.1 Å². The third-order valence-electron chi connectivity index (χ3n) is 18.7. The number of amides is 2. The van der Waals surface area contributed by atoms with Gasteiger partial charge in [0, 0.05) is 44.9 Å². The molecule has 23 heteroatoms. The van der Waals surface area contributed by atoms with E-state index in [1.807, 2.05) is 80.6 Å². The van der Waals surface area contributed by atoms with Crippen molar-refractivity contribution in [3.8, 4) is 11.5 Å². The molecule has 0 aromatic heterocycles. The van der Waals surface area contributed by atoms with E-state index in [-0.39, 0.29) is 77.7 Å². The van der Waals surface area contributed by atoms with Gasteiger partial charge >= 0.3 is 29.8 Å². The minimum Gasteiger partial charge on any atom is -0.497 e. The number of hydrogen-bond acceptors (Lipinski definition) is 20. The van der Waals surface area contributed by atoms with Crippen LogP contribution in [0.2, 0.25) is 0 Å². The molecule has 2 amide bonds. The number of carboxylic acids is 1. The van der Waals surface area contributed by atoms with E-state index >= 15 is 0 Å². The molecule has 0 bridgehead atoms. The Bertz CT molecular complexity index is 3810. The van der Waals surface area contributed by atoms with Gasteiger partial charge in [0.25, 0.3) is 0 Å². The maximum atomic E-state index is 13.6. The lowest BCUT2D eigenvalue weighted by molar-refractivity contribution is -0.298. The number of rotatable bonds is 41. The largest absolute Gasteiger partial charge is 0.497 e. The molecule has 2 fully saturated rings. The zero-order chi connectivity index (χ0) is 78.2. The molecular weight excluding hydrogens is 1390 g/mol. The van der Waals surface area contributed by atoms with Crippen LogP contribution in [0.4, 0.5) is 0 Å². The summed E-state index contributed by atoms with van der Waals surface area (Å²) in [7, 11) is 3.28. The van der Waals surface area contributed by atoms with Crippen molar-refractivity contribution in [2.75, 3.05) is 53.7 Å². The molecule has 7 aromatic rings. The predicted molar refractivity (Wildman–Crippen MR) is 410 cm³/mol. The number of ether oxygens (including phenoxy) is 9. The van der Waals surface area contributed by atoms with Gasteiger partial charge in [-0.25, -0.2) is 19.2 Å². The van der Waals surface area contributed by atoms with Crippen LogP contribution < -0.4 is 31.6 Å². The molecule has 2 aliphatic rings. The number of nitrogens with one attached hydrogen (secondary N) is 2. The van der Waals surface area contributed by atoms with Gasteiger partial charge in [0.1, 0.15) is 35.6 Å². The number of hydrogen-bond donors (Lipinski definition) is 6. The number of methoxy groups -OCH3 is 2. The minimum absolute atomic E-state index is 0.0191. The number of unbranched alkanes of at least 4 members (excludes halogenated alkanes) is 6. The van der Waals surface area contributed by atoms with Gasteiger partial charge in [0.05, 0.1) is 55.2 Å². The second-order valence-electron chi connectivity index (χ2n) is 26.4. The average Bonchev–Trinajstić information content (AvgIpc) is 1.39. The normalized spacial score (nSPS) is 18.1. The van der Waals surface area contributed by atoms with Crippen molar-refractivity contribution < 1.29 is 91.2 Å². The van der Waals surface area contributed by atoms with Gasteiger partial charge in [-0.3, -0.25) is 19.2 Å². The SMILES string of the molecule is CC.COc1ccc(C(OC[C@@H]2C[C@@H](O)CC2C(=O)CCCCCNC(=O)CCCCCNC(=O)[C@@H](N)CCCCN)(c2ccccc2)c2ccc(OC)cc2)cc1.O=C(O)CCCCOC1OC(COC(=O)c2ccccc2)C(OC(=O)c2ccccc2)C(OC(=O)c2ccccc2)C1OC(=O)c1ccccc1. The predicted octanol–water partition coefficient (Wildman–Crippen LogP) is 12.3. The monoisotopic (exact) mass is 1500 g/mol. The number of nitrogens with two attached hydrogens (primary N) is 2. The highest BCUT2D eigenvalue weighted by Gasteiger charge is 2.54. The first-order valence-electron chi connectivity index (χ1n) is 37.7. The van der Waals surface area contributed by atoms with Gasteiger partial charge in [-0.15, -0.1) is 0 Å². The summed E-state index contributed by atoms with van der Waals surface area (Å²) in [5, 5.41) is 25.7. The second-order valence-corrected chi connectivity index (χ2v) is 26.4. The van der Waals surface area contributed by atoms with Crippen LogP contribution in [0, 0.1) is 11.8 Å². The Morgan fingerprint density at radius 3 is 1.47 bits per heavy atom. The van der Waals surface area contributed by atoms with Crippen LogP contribution in [0.1, 0.15) is 175 Å². The fourth-order valence-electron chi connectivity index (χ4n) is 12.9. The number of carbonyl (C=O) groups excluding carboxylic acids is 7. The van der Waals surface area contributed by atoms with Crippen molar-refractivity contribution >= 4 is 47.4 Å². The van der Waals surface area contributed by atoms with Crippen LogP contribution in [-0.4, -0.2) is 154 Å². The molecule has 1 aliphatic heterocycles. The number of aliphatic carboxylic acids is 1. The van der Waals surface area contributed by atoms with Crippen LogP contribution >= 0.6 is 0 Å². The van der Waals surface area contributed by atoms with Crippen LogP contribution in [0.5, 0.6) is 11.5 Å². The molecule has 1 saturated heterocycles. The highest BCUT2D eigenvalue weighted by Crippen LogP contribution is 2.44. The summed E-state index contributed by atoms with van der Waals surface area (Å²) in [4.78, 5) is 103. The van der Waals surface area contributed by atoms with Crippen molar-refractivity contribution in [1.82, 2.24) is 10.6 Å². The standard InChI is InChI=1S/C45H64N4O7.C39H36O12.C2H6/c1-54-38-23-19-35(20-24-38)45(34-14-6-3-7-15-34,36-21-25-39(55-2)26-22-36)56-32-33-30-37(50)31-40(33)42(51)17-8-4-12-28-48-43(52)18-9-5-13-29-49-44(53)41(47)16-10-11-27-46;40-31(41)23-13-14-24-46-39-34(51-38(45)29-21-11-4-12-22-29)33(50-37(44)28-19-9-3-10-20-28)32(49-36(43)27-17-7-2-8-18-27)30(48-39)25-47-35(42)26-15-5-1-6-16-26;1-2/h3,6-7,14-15,19-26,33,37,40-41,50H,4-5,8-13,16-18,27-32,46-47H2,1-2H3,(H,48,52)(H,49,53);1-12,15-22,30,32-34,39H,13-14,23-25H2,(H,40,41);1-2H3/t33-,37+,40?,41-;;/m0../s1. The van der Waals surface area contributed by atoms with Gasteiger partial charge in [0.15, 0.2) is 24.6 Å². The lowest BCUT2D eigenvalue weighted by Crippen LogP contribution is -2.63. The maximum absolute atomic E-state index is 13.6. The van der Waals surface area contributed by atoms with Crippen LogP contribution in [0.25, 0.3) is 0 Å². The van der Waals surface area contributed by atoms with Crippen LogP contribution in [0.3, 0.4) is 0 Å². The van der Waals surface area contributed by atoms with Crippen molar-refractivity contribution in [1.29, 1.82) is 0 Å². The third kappa shape index (κ3) is 27.2. The zero-order valence-electron chi connectivity index (χ0n) is 62.8. The van der Waals surface area contributed by atoms with Crippen molar-refractivity contribution in [3.05, 3.63) is 239 Å². The molecule has 1 heterocycles. The number of aliphatic hydroxyl groups excluding tert-OH is 1.